The van der Waals surface area contributed by atoms with Crippen LogP contribution in [0.5, 0.6) is 0 Å². The number of nitrogens with one attached hydrogen (secondary N) is 1. The van der Waals surface area contributed by atoms with Crippen LogP contribution in [0.15, 0.2) is 12.3 Å². The van der Waals surface area contributed by atoms with Crippen molar-refractivity contribution in [1.82, 2.24) is 15.1 Å². The third kappa shape index (κ3) is 2.89. The Labute approximate surface area is 105 Å². The molecule has 1 aromatic rings. The smallest absolute Gasteiger partial charge is 0.0547 e. The second kappa shape index (κ2) is 5.21. The van der Waals surface area contributed by atoms with Crippen molar-refractivity contribution in [2.24, 2.45) is 18.9 Å². The second-order valence-electron chi connectivity index (χ2n) is 5.77. The molecule has 96 valence electrons. The number of aromatic nitrogens is 2. The molecule has 1 aliphatic carbocycles. The van der Waals surface area contributed by atoms with E-state index in [1.807, 2.05) is 17.9 Å². The van der Waals surface area contributed by atoms with Crippen LogP contribution in [0.25, 0.3) is 0 Å². The highest BCUT2D eigenvalue weighted by atomic mass is 15.3. The largest absolute Gasteiger partial charge is 0.306 e. The van der Waals surface area contributed by atoms with Gasteiger partial charge in [0.05, 0.1) is 5.69 Å². The van der Waals surface area contributed by atoms with E-state index >= 15 is 0 Å². The zero-order valence-corrected chi connectivity index (χ0v) is 11.5. The van der Waals surface area contributed by atoms with Gasteiger partial charge in [0.25, 0.3) is 0 Å². The molecule has 2 rings (SSSR count). The fourth-order valence-corrected chi connectivity index (χ4v) is 3.13. The lowest BCUT2D eigenvalue weighted by atomic mass is 9.79. The lowest BCUT2D eigenvalue weighted by Gasteiger charge is -2.35. The molecule has 3 heteroatoms. The SMILES string of the molecule is CC1CCC(NC(C)c2ccnn2C)C(C)C1. The van der Waals surface area contributed by atoms with Gasteiger partial charge < -0.3 is 5.32 Å². The fourth-order valence-electron chi connectivity index (χ4n) is 3.13. The summed E-state index contributed by atoms with van der Waals surface area (Å²) in [6, 6.07) is 3.16. The number of hydrogen-bond donors (Lipinski definition) is 1. The fraction of sp³-hybridized carbons (Fsp3) is 0.786. The Morgan fingerprint density at radius 2 is 2.18 bits per heavy atom. The summed E-state index contributed by atoms with van der Waals surface area (Å²) in [7, 11) is 2.01. The summed E-state index contributed by atoms with van der Waals surface area (Å²) in [4.78, 5) is 0. The number of hydrogen-bond acceptors (Lipinski definition) is 2. The van der Waals surface area contributed by atoms with Crippen molar-refractivity contribution < 1.29 is 0 Å². The van der Waals surface area contributed by atoms with Crippen LogP contribution in [-0.4, -0.2) is 15.8 Å². The van der Waals surface area contributed by atoms with Crippen molar-refractivity contribution in [2.45, 2.75) is 52.1 Å². The van der Waals surface area contributed by atoms with Crippen LogP contribution >= 0.6 is 0 Å². The molecule has 1 aromatic heterocycles. The molecule has 1 N–H and O–H groups in total. The maximum atomic E-state index is 4.24. The number of aryl methyl sites for hydroxylation is 1. The Morgan fingerprint density at radius 3 is 2.76 bits per heavy atom. The van der Waals surface area contributed by atoms with Crippen LogP contribution in [0.3, 0.4) is 0 Å². The first-order chi connectivity index (χ1) is 8.08. The molecule has 3 nitrogen and oxygen atoms in total. The molecule has 1 fully saturated rings. The summed E-state index contributed by atoms with van der Waals surface area (Å²) in [6.45, 7) is 6.99. The van der Waals surface area contributed by atoms with Crippen LogP contribution in [-0.2, 0) is 7.05 Å². The van der Waals surface area contributed by atoms with Gasteiger partial charge in [-0.15, -0.1) is 0 Å². The van der Waals surface area contributed by atoms with E-state index in [2.05, 4.69) is 37.3 Å². The molecule has 1 saturated carbocycles. The normalized spacial score (nSPS) is 31.4. The monoisotopic (exact) mass is 235 g/mol. The van der Waals surface area contributed by atoms with Gasteiger partial charge in [-0.3, -0.25) is 4.68 Å². The van der Waals surface area contributed by atoms with Crippen LogP contribution in [0.2, 0.25) is 0 Å². The summed E-state index contributed by atoms with van der Waals surface area (Å²) in [5, 5.41) is 8.01. The molecule has 17 heavy (non-hydrogen) atoms. The Bertz CT molecular complexity index is 358. The quantitative estimate of drug-likeness (QED) is 0.873. The Kier molecular flexibility index (Phi) is 3.87. The van der Waals surface area contributed by atoms with E-state index < -0.39 is 0 Å². The van der Waals surface area contributed by atoms with E-state index in [1.54, 1.807) is 0 Å². The molecule has 0 amide bonds. The molecular weight excluding hydrogens is 210 g/mol. The topological polar surface area (TPSA) is 29.9 Å². The average Bonchev–Trinajstić information content (AvgIpc) is 2.68. The summed E-state index contributed by atoms with van der Waals surface area (Å²) >= 11 is 0. The molecule has 0 aromatic carbocycles. The Balaban J connectivity index is 1.95. The standard InChI is InChI=1S/C14H25N3/c1-10-5-6-13(11(2)9-10)16-12(3)14-7-8-15-17(14)4/h7-8,10-13,16H,5-6,9H2,1-4H3. The maximum absolute atomic E-state index is 4.24. The van der Waals surface area contributed by atoms with Crippen molar-refractivity contribution >= 4 is 0 Å². The van der Waals surface area contributed by atoms with E-state index in [-0.39, 0.29) is 0 Å². The first-order valence-corrected chi connectivity index (χ1v) is 6.82. The van der Waals surface area contributed by atoms with Gasteiger partial charge in [0.15, 0.2) is 0 Å². The predicted molar refractivity (Wildman–Crippen MR) is 70.7 cm³/mol. The van der Waals surface area contributed by atoms with Gasteiger partial charge in [-0.25, -0.2) is 0 Å². The van der Waals surface area contributed by atoms with E-state index in [0.717, 1.165) is 11.8 Å². The van der Waals surface area contributed by atoms with Gasteiger partial charge in [-0.2, -0.15) is 5.10 Å². The molecule has 1 heterocycles. The third-order valence-electron chi connectivity index (χ3n) is 4.20. The summed E-state index contributed by atoms with van der Waals surface area (Å²) in [5.41, 5.74) is 1.27. The van der Waals surface area contributed by atoms with E-state index in [0.29, 0.717) is 12.1 Å². The van der Waals surface area contributed by atoms with Crippen molar-refractivity contribution in [1.29, 1.82) is 0 Å². The van der Waals surface area contributed by atoms with E-state index in [9.17, 15) is 0 Å². The molecule has 4 unspecified atom stereocenters. The van der Waals surface area contributed by atoms with Crippen LogP contribution < -0.4 is 5.32 Å². The van der Waals surface area contributed by atoms with Gasteiger partial charge in [0, 0.05) is 25.3 Å². The molecule has 0 saturated heterocycles. The second-order valence-corrected chi connectivity index (χ2v) is 5.77. The minimum Gasteiger partial charge on any atom is -0.306 e. The minimum absolute atomic E-state index is 0.392. The summed E-state index contributed by atoms with van der Waals surface area (Å²) < 4.78 is 1.97. The zero-order valence-electron chi connectivity index (χ0n) is 11.5. The van der Waals surface area contributed by atoms with Crippen molar-refractivity contribution in [3.63, 3.8) is 0 Å². The first kappa shape index (κ1) is 12.6. The van der Waals surface area contributed by atoms with Crippen LogP contribution in [0, 0.1) is 11.8 Å². The molecule has 0 bridgehead atoms. The average molecular weight is 235 g/mol. The lowest BCUT2D eigenvalue weighted by molar-refractivity contribution is 0.214. The van der Waals surface area contributed by atoms with E-state index in [4.69, 9.17) is 0 Å². The third-order valence-corrected chi connectivity index (χ3v) is 4.20. The van der Waals surface area contributed by atoms with E-state index in [1.165, 1.54) is 25.0 Å². The maximum Gasteiger partial charge on any atom is 0.0547 e. The molecule has 0 aliphatic heterocycles. The zero-order chi connectivity index (χ0) is 12.4. The molecule has 0 spiro atoms. The number of nitrogens with zero attached hydrogens (tertiary/aromatic N) is 2. The summed E-state index contributed by atoms with van der Waals surface area (Å²) in [6.07, 6.45) is 5.90. The van der Waals surface area contributed by atoms with Crippen molar-refractivity contribution in [3.8, 4) is 0 Å². The van der Waals surface area contributed by atoms with Gasteiger partial charge in [-0.05, 0) is 44.1 Å². The predicted octanol–water partition coefficient (Wildman–Crippen LogP) is 2.90. The highest BCUT2D eigenvalue weighted by Crippen LogP contribution is 2.30. The van der Waals surface area contributed by atoms with Gasteiger partial charge in [-0.1, -0.05) is 13.8 Å². The van der Waals surface area contributed by atoms with Crippen molar-refractivity contribution in [2.75, 3.05) is 0 Å². The van der Waals surface area contributed by atoms with Gasteiger partial charge in [0.2, 0.25) is 0 Å². The summed E-state index contributed by atoms with van der Waals surface area (Å²) in [5.74, 6) is 1.68. The highest BCUT2D eigenvalue weighted by Gasteiger charge is 2.26. The first-order valence-electron chi connectivity index (χ1n) is 6.82. The molecule has 0 radical (unpaired) electrons. The van der Waals surface area contributed by atoms with Gasteiger partial charge >= 0.3 is 0 Å². The van der Waals surface area contributed by atoms with Crippen LogP contribution in [0.1, 0.15) is 51.8 Å². The Hall–Kier alpha value is -0.830. The Morgan fingerprint density at radius 1 is 1.41 bits per heavy atom. The molecular formula is C14H25N3. The minimum atomic E-state index is 0.392. The molecule has 1 aliphatic rings. The molecule has 4 atom stereocenters. The van der Waals surface area contributed by atoms with Crippen LogP contribution in [0.4, 0.5) is 0 Å². The lowest BCUT2D eigenvalue weighted by Crippen LogP contribution is -2.40. The van der Waals surface area contributed by atoms with Crippen molar-refractivity contribution in [3.05, 3.63) is 18.0 Å². The highest BCUT2D eigenvalue weighted by molar-refractivity contribution is 5.06. The number of rotatable bonds is 3. The van der Waals surface area contributed by atoms with Gasteiger partial charge in [0.1, 0.15) is 0 Å².